The van der Waals surface area contributed by atoms with Crippen LogP contribution >= 0.6 is 0 Å². The van der Waals surface area contributed by atoms with Crippen LogP contribution in [-0.4, -0.2) is 57.9 Å². The summed E-state index contributed by atoms with van der Waals surface area (Å²) in [6.45, 7) is -0.162. The Morgan fingerprint density at radius 3 is 2.45 bits per heavy atom. The molecule has 4 atom stereocenters. The Balaban J connectivity index is 2.47. The van der Waals surface area contributed by atoms with E-state index in [4.69, 9.17) is 15.3 Å². The number of hydrogen-bond donors (Lipinski definition) is 5. The monoisotopic (exact) mass is 163 g/mol. The summed E-state index contributed by atoms with van der Waals surface area (Å²) >= 11 is 0. The minimum Gasteiger partial charge on any atom is -0.394 e. The van der Waals surface area contributed by atoms with Crippen LogP contribution in [-0.2, 0) is 0 Å². The normalized spacial score (nSPS) is 40.9. The Bertz CT molecular complexity index is 132. The van der Waals surface area contributed by atoms with Gasteiger partial charge in [-0.2, -0.15) is 0 Å². The molecule has 1 heterocycles. The molecule has 0 spiro atoms. The van der Waals surface area contributed by atoms with Crippen LogP contribution in [0.1, 0.15) is 0 Å². The molecule has 0 aromatic heterocycles. The van der Waals surface area contributed by atoms with Crippen molar-refractivity contribution in [1.29, 1.82) is 0 Å². The first kappa shape index (κ1) is 8.89. The molecule has 1 saturated heterocycles. The van der Waals surface area contributed by atoms with Crippen LogP contribution in [0.25, 0.3) is 0 Å². The fourth-order valence-electron chi connectivity index (χ4n) is 1.21. The zero-order chi connectivity index (χ0) is 8.43. The SMILES string of the molecule is OCC(O)[C@@H]1NC[C@H](O)[C@@H]1O. The van der Waals surface area contributed by atoms with Gasteiger partial charge in [0.1, 0.15) is 0 Å². The van der Waals surface area contributed by atoms with Crippen molar-refractivity contribution < 1.29 is 20.4 Å². The highest BCUT2D eigenvalue weighted by Gasteiger charge is 2.36. The van der Waals surface area contributed by atoms with Crippen molar-refractivity contribution >= 4 is 0 Å². The minimum atomic E-state index is -1.01. The lowest BCUT2D eigenvalue weighted by atomic mass is 10.1. The highest BCUT2D eigenvalue weighted by Crippen LogP contribution is 2.10. The van der Waals surface area contributed by atoms with Gasteiger partial charge in [0.2, 0.25) is 0 Å². The maximum Gasteiger partial charge on any atom is 0.0990 e. The Hall–Kier alpha value is -0.200. The van der Waals surface area contributed by atoms with Crippen LogP contribution in [0.2, 0.25) is 0 Å². The van der Waals surface area contributed by atoms with E-state index in [2.05, 4.69) is 5.32 Å². The summed E-state index contributed by atoms with van der Waals surface area (Å²) in [5.74, 6) is 0. The van der Waals surface area contributed by atoms with Gasteiger partial charge in [-0.3, -0.25) is 0 Å². The number of hydrogen-bond acceptors (Lipinski definition) is 5. The first-order chi connectivity index (χ1) is 5.16. The van der Waals surface area contributed by atoms with Crippen molar-refractivity contribution in [3.05, 3.63) is 0 Å². The molecular formula is C6H13NO4. The molecule has 0 radical (unpaired) electrons. The second kappa shape index (κ2) is 3.46. The van der Waals surface area contributed by atoms with Gasteiger partial charge in [0, 0.05) is 6.54 Å². The predicted octanol–water partition coefficient (Wildman–Crippen LogP) is -2.97. The van der Waals surface area contributed by atoms with Crippen LogP contribution in [0.5, 0.6) is 0 Å². The second-order valence-corrected chi connectivity index (χ2v) is 2.74. The van der Waals surface area contributed by atoms with Crippen molar-refractivity contribution in [1.82, 2.24) is 5.32 Å². The molecule has 0 saturated carbocycles. The summed E-state index contributed by atoms with van der Waals surface area (Å²) in [4.78, 5) is 0. The highest BCUT2D eigenvalue weighted by atomic mass is 16.3. The van der Waals surface area contributed by atoms with Crippen LogP contribution in [0.3, 0.4) is 0 Å². The molecule has 0 aromatic rings. The minimum absolute atomic E-state index is 0.253. The summed E-state index contributed by atoms with van der Waals surface area (Å²) in [6.07, 6.45) is -2.85. The van der Waals surface area contributed by atoms with Gasteiger partial charge in [-0.25, -0.2) is 0 Å². The van der Waals surface area contributed by atoms with Crippen molar-refractivity contribution in [3.8, 4) is 0 Å². The Morgan fingerprint density at radius 2 is 2.09 bits per heavy atom. The molecule has 5 heteroatoms. The highest BCUT2D eigenvalue weighted by molar-refractivity contribution is 4.94. The first-order valence-corrected chi connectivity index (χ1v) is 3.55. The fraction of sp³-hybridized carbons (Fsp3) is 1.00. The molecule has 0 aromatic carbocycles. The van der Waals surface area contributed by atoms with Gasteiger partial charge in [-0.15, -0.1) is 0 Å². The molecule has 66 valence electrons. The standard InChI is InChI=1S/C6H13NO4/c8-2-4(10)5-6(11)3(9)1-7-5/h3-11H,1-2H2/t3-,4?,5-,6-/m0/s1. The summed E-state index contributed by atoms with van der Waals surface area (Å²) in [7, 11) is 0. The third-order valence-corrected chi connectivity index (χ3v) is 1.93. The largest absolute Gasteiger partial charge is 0.394 e. The zero-order valence-electron chi connectivity index (χ0n) is 6.01. The van der Waals surface area contributed by atoms with Crippen molar-refractivity contribution in [3.63, 3.8) is 0 Å². The molecule has 0 bridgehead atoms. The van der Waals surface area contributed by atoms with E-state index >= 15 is 0 Å². The van der Waals surface area contributed by atoms with E-state index in [1.54, 1.807) is 0 Å². The second-order valence-electron chi connectivity index (χ2n) is 2.74. The van der Waals surface area contributed by atoms with Crippen molar-refractivity contribution in [2.24, 2.45) is 0 Å². The molecule has 1 rings (SSSR count). The van der Waals surface area contributed by atoms with E-state index in [1.165, 1.54) is 0 Å². The summed E-state index contributed by atoms with van der Waals surface area (Å²) in [5.41, 5.74) is 0. The number of nitrogens with one attached hydrogen (secondary N) is 1. The van der Waals surface area contributed by atoms with Gasteiger partial charge in [0.25, 0.3) is 0 Å². The Morgan fingerprint density at radius 1 is 1.45 bits per heavy atom. The van der Waals surface area contributed by atoms with E-state index in [-0.39, 0.29) is 6.54 Å². The topological polar surface area (TPSA) is 93.0 Å². The van der Waals surface area contributed by atoms with Gasteiger partial charge < -0.3 is 25.7 Å². The van der Waals surface area contributed by atoms with E-state index in [1.807, 2.05) is 0 Å². The van der Waals surface area contributed by atoms with Gasteiger partial charge in [0.05, 0.1) is 31.0 Å². The number of β-amino-alcohol motifs (C(OH)–C–C–N with tert-alkyl or cyclic N) is 1. The molecule has 0 aliphatic carbocycles. The molecule has 1 unspecified atom stereocenters. The average Bonchev–Trinajstić information content (AvgIpc) is 2.32. The summed E-state index contributed by atoms with van der Waals surface area (Å²) < 4.78 is 0. The quantitative estimate of drug-likeness (QED) is 0.300. The van der Waals surface area contributed by atoms with Crippen molar-refractivity contribution in [2.45, 2.75) is 24.4 Å². The van der Waals surface area contributed by atoms with Crippen LogP contribution in [0.4, 0.5) is 0 Å². The smallest absolute Gasteiger partial charge is 0.0990 e. The lowest BCUT2D eigenvalue weighted by Gasteiger charge is -2.19. The third-order valence-electron chi connectivity index (χ3n) is 1.93. The van der Waals surface area contributed by atoms with E-state index in [9.17, 15) is 5.11 Å². The van der Waals surface area contributed by atoms with Gasteiger partial charge >= 0.3 is 0 Å². The number of aliphatic hydroxyl groups excluding tert-OH is 4. The van der Waals surface area contributed by atoms with Gasteiger partial charge in [-0.1, -0.05) is 0 Å². The third kappa shape index (κ3) is 1.69. The Labute approximate surface area is 64.3 Å². The molecule has 1 aliphatic rings. The van der Waals surface area contributed by atoms with Crippen LogP contribution < -0.4 is 5.32 Å². The summed E-state index contributed by atoms with van der Waals surface area (Å²) in [6, 6.07) is -0.616. The molecular weight excluding hydrogens is 150 g/mol. The summed E-state index contributed by atoms with van der Waals surface area (Å²) in [5, 5.41) is 38.5. The zero-order valence-corrected chi connectivity index (χ0v) is 6.01. The number of aliphatic hydroxyl groups is 4. The lowest BCUT2D eigenvalue weighted by molar-refractivity contribution is -0.00977. The van der Waals surface area contributed by atoms with Gasteiger partial charge in [-0.05, 0) is 0 Å². The number of rotatable bonds is 2. The van der Waals surface area contributed by atoms with E-state index < -0.39 is 31.0 Å². The maximum absolute atomic E-state index is 9.18. The molecule has 1 aliphatic heterocycles. The Kier molecular flexibility index (Phi) is 2.80. The van der Waals surface area contributed by atoms with E-state index in [0.29, 0.717) is 0 Å². The van der Waals surface area contributed by atoms with E-state index in [0.717, 1.165) is 0 Å². The van der Waals surface area contributed by atoms with Crippen LogP contribution in [0.15, 0.2) is 0 Å². The molecule has 5 N–H and O–H groups in total. The molecule has 5 nitrogen and oxygen atoms in total. The van der Waals surface area contributed by atoms with Crippen LogP contribution in [0, 0.1) is 0 Å². The first-order valence-electron chi connectivity index (χ1n) is 3.55. The fourth-order valence-corrected chi connectivity index (χ4v) is 1.21. The molecule has 1 fully saturated rings. The maximum atomic E-state index is 9.18. The van der Waals surface area contributed by atoms with Gasteiger partial charge in [0.15, 0.2) is 0 Å². The lowest BCUT2D eigenvalue weighted by Crippen LogP contribution is -2.44. The average molecular weight is 163 g/mol. The molecule has 0 amide bonds. The van der Waals surface area contributed by atoms with Crippen molar-refractivity contribution in [2.75, 3.05) is 13.2 Å². The molecule has 11 heavy (non-hydrogen) atoms. The predicted molar refractivity (Wildman–Crippen MR) is 36.9 cm³/mol.